The number of hydrogen-bond donors (Lipinski definition) is 1. The Kier molecular flexibility index (Phi) is 6.03. The topological polar surface area (TPSA) is 30.5 Å². The van der Waals surface area contributed by atoms with Crippen molar-refractivity contribution in [3.8, 4) is 11.5 Å². The Morgan fingerprint density at radius 3 is 2.38 bits per heavy atom. The summed E-state index contributed by atoms with van der Waals surface area (Å²) in [5.41, 5.74) is 1.19. The van der Waals surface area contributed by atoms with E-state index in [0.717, 1.165) is 18.8 Å². The Labute approximate surface area is 124 Å². The number of benzene rings is 2. The first kappa shape index (κ1) is 15.3. The third-order valence-corrected chi connectivity index (χ3v) is 2.91. The summed E-state index contributed by atoms with van der Waals surface area (Å²) in [7, 11) is 0. The molecule has 3 nitrogen and oxygen atoms in total. The number of halogens is 1. The van der Waals surface area contributed by atoms with Gasteiger partial charge in [-0.05, 0) is 48.5 Å². The molecule has 0 unspecified atom stereocenters. The SMILES string of the molecule is CCNCc1cccc(OCCOc2ccc(F)cc2)c1. The van der Waals surface area contributed by atoms with E-state index in [2.05, 4.69) is 18.3 Å². The second kappa shape index (κ2) is 8.27. The molecule has 0 radical (unpaired) electrons. The lowest BCUT2D eigenvalue weighted by Crippen LogP contribution is -2.12. The van der Waals surface area contributed by atoms with Crippen LogP contribution in [0.4, 0.5) is 4.39 Å². The summed E-state index contributed by atoms with van der Waals surface area (Å²) < 4.78 is 23.9. The van der Waals surface area contributed by atoms with Crippen LogP contribution in [0.15, 0.2) is 48.5 Å². The molecule has 0 spiro atoms. The van der Waals surface area contributed by atoms with Crippen molar-refractivity contribution in [1.82, 2.24) is 5.32 Å². The second-order valence-electron chi connectivity index (χ2n) is 4.58. The molecule has 0 saturated heterocycles. The quantitative estimate of drug-likeness (QED) is 0.756. The molecule has 0 aliphatic rings. The van der Waals surface area contributed by atoms with E-state index < -0.39 is 0 Å². The molecule has 4 heteroatoms. The monoisotopic (exact) mass is 289 g/mol. The van der Waals surface area contributed by atoms with E-state index in [1.54, 1.807) is 12.1 Å². The molecule has 0 aliphatic heterocycles. The van der Waals surface area contributed by atoms with Gasteiger partial charge < -0.3 is 14.8 Å². The second-order valence-corrected chi connectivity index (χ2v) is 4.58. The van der Waals surface area contributed by atoms with E-state index in [-0.39, 0.29) is 5.82 Å². The molecule has 21 heavy (non-hydrogen) atoms. The average Bonchev–Trinajstić information content (AvgIpc) is 2.52. The van der Waals surface area contributed by atoms with Gasteiger partial charge in [-0.2, -0.15) is 0 Å². The first-order chi connectivity index (χ1) is 10.3. The molecular weight excluding hydrogens is 269 g/mol. The van der Waals surface area contributed by atoms with Crippen molar-refractivity contribution >= 4 is 0 Å². The van der Waals surface area contributed by atoms with E-state index in [1.165, 1.54) is 17.7 Å². The molecule has 1 N–H and O–H groups in total. The lowest BCUT2D eigenvalue weighted by atomic mass is 10.2. The molecule has 0 atom stereocenters. The molecule has 2 aromatic carbocycles. The fraction of sp³-hybridized carbons (Fsp3) is 0.294. The zero-order valence-corrected chi connectivity index (χ0v) is 12.1. The standard InChI is InChI=1S/C17H20FNO2/c1-2-19-13-14-4-3-5-17(12-14)21-11-10-20-16-8-6-15(18)7-9-16/h3-9,12,19H,2,10-11,13H2,1H3. The number of hydrogen-bond acceptors (Lipinski definition) is 3. The lowest BCUT2D eigenvalue weighted by Gasteiger charge is -2.09. The van der Waals surface area contributed by atoms with Crippen LogP contribution >= 0.6 is 0 Å². The fourth-order valence-electron chi connectivity index (χ4n) is 1.86. The minimum atomic E-state index is -0.267. The van der Waals surface area contributed by atoms with Crippen molar-refractivity contribution in [3.63, 3.8) is 0 Å². The van der Waals surface area contributed by atoms with Crippen molar-refractivity contribution in [2.75, 3.05) is 19.8 Å². The normalized spacial score (nSPS) is 10.4. The molecule has 0 amide bonds. The Morgan fingerprint density at radius 1 is 0.952 bits per heavy atom. The highest BCUT2D eigenvalue weighted by Gasteiger charge is 1.98. The molecule has 2 rings (SSSR count). The van der Waals surface area contributed by atoms with Crippen molar-refractivity contribution in [2.24, 2.45) is 0 Å². The summed E-state index contributed by atoms with van der Waals surface area (Å²) in [5.74, 6) is 1.20. The van der Waals surface area contributed by atoms with Gasteiger partial charge >= 0.3 is 0 Å². The summed E-state index contributed by atoms with van der Waals surface area (Å²) in [5, 5.41) is 3.27. The van der Waals surface area contributed by atoms with Gasteiger partial charge in [0.1, 0.15) is 30.5 Å². The molecule has 0 aromatic heterocycles. The molecule has 112 valence electrons. The highest BCUT2D eigenvalue weighted by Crippen LogP contribution is 2.14. The van der Waals surface area contributed by atoms with Gasteiger partial charge in [-0.15, -0.1) is 0 Å². The Balaban J connectivity index is 1.74. The molecule has 0 bridgehead atoms. The van der Waals surface area contributed by atoms with Crippen molar-refractivity contribution in [1.29, 1.82) is 0 Å². The maximum atomic E-state index is 12.7. The van der Waals surface area contributed by atoms with Crippen LogP contribution in [0, 0.1) is 5.82 Å². The van der Waals surface area contributed by atoms with Gasteiger partial charge in [-0.25, -0.2) is 4.39 Å². The van der Waals surface area contributed by atoms with Crippen LogP contribution in [0.1, 0.15) is 12.5 Å². The van der Waals surface area contributed by atoms with Crippen LogP contribution in [-0.2, 0) is 6.54 Å². The largest absolute Gasteiger partial charge is 0.490 e. The molecular formula is C17H20FNO2. The minimum absolute atomic E-state index is 0.267. The van der Waals surface area contributed by atoms with Crippen molar-refractivity contribution < 1.29 is 13.9 Å². The molecule has 0 heterocycles. The molecule has 2 aromatic rings. The fourth-order valence-corrected chi connectivity index (χ4v) is 1.86. The lowest BCUT2D eigenvalue weighted by molar-refractivity contribution is 0.217. The summed E-state index contributed by atoms with van der Waals surface area (Å²) in [6, 6.07) is 13.9. The van der Waals surface area contributed by atoms with Gasteiger partial charge in [0, 0.05) is 6.54 Å². The van der Waals surface area contributed by atoms with Gasteiger partial charge in [-0.3, -0.25) is 0 Å². The van der Waals surface area contributed by atoms with Crippen LogP contribution in [0.2, 0.25) is 0 Å². The molecule has 0 fully saturated rings. The van der Waals surface area contributed by atoms with E-state index in [0.29, 0.717) is 19.0 Å². The van der Waals surface area contributed by atoms with Gasteiger partial charge in [0.25, 0.3) is 0 Å². The summed E-state index contributed by atoms with van der Waals surface area (Å²) in [6.07, 6.45) is 0. The molecule has 0 saturated carbocycles. The van der Waals surface area contributed by atoms with E-state index in [4.69, 9.17) is 9.47 Å². The first-order valence-electron chi connectivity index (χ1n) is 7.09. The minimum Gasteiger partial charge on any atom is -0.490 e. The van der Waals surface area contributed by atoms with Crippen LogP contribution in [-0.4, -0.2) is 19.8 Å². The highest BCUT2D eigenvalue weighted by atomic mass is 19.1. The Morgan fingerprint density at radius 2 is 1.67 bits per heavy atom. The zero-order chi connectivity index (χ0) is 14.9. The van der Waals surface area contributed by atoms with Crippen molar-refractivity contribution in [2.45, 2.75) is 13.5 Å². The third-order valence-electron chi connectivity index (χ3n) is 2.91. The smallest absolute Gasteiger partial charge is 0.123 e. The van der Waals surface area contributed by atoms with Gasteiger partial charge in [0.2, 0.25) is 0 Å². The maximum Gasteiger partial charge on any atom is 0.123 e. The summed E-state index contributed by atoms with van der Waals surface area (Å²) >= 11 is 0. The van der Waals surface area contributed by atoms with Crippen LogP contribution in [0.3, 0.4) is 0 Å². The number of rotatable bonds is 8. The van der Waals surface area contributed by atoms with Crippen LogP contribution < -0.4 is 14.8 Å². The zero-order valence-electron chi connectivity index (χ0n) is 12.1. The summed E-state index contributed by atoms with van der Waals surface area (Å²) in [6.45, 7) is 4.72. The predicted molar refractivity (Wildman–Crippen MR) is 81.2 cm³/mol. The predicted octanol–water partition coefficient (Wildman–Crippen LogP) is 3.39. The van der Waals surface area contributed by atoms with E-state index >= 15 is 0 Å². The summed E-state index contributed by atoms with van der Waals surface area (Å²) in [4.78, 5) is 0. The van der Waals surface area contributed by atoms with Crippen LogP contribution in [0.5, 0.6) is 11.5 Å². The highest BCUT2D eigenvalue weighted by molar-refractivity contribution is 5.28. The van der Waals surface area contributed by atoms with Gasteiger partial charge in [-0.1, -0.05) is 19.1 Å². The molecule has 0 aliphatic carbocycles. The van der Waals surface area contributed by atoms with Gasteiger partial charge in [0.05, 0.1) is 0 Å². The number of nitrogens with one attached hydrogen (secondary N) is 1. The maximum absolute atomic E-state index is 12.7. The Bertz CT molecular complexity index is 543. The van der Waals surface area contributed by atoms with Crippen molar-refractivity contribution in [3.05, 3.63) is 59.9 Å². The van der Waals surface area contributed by atoms with Gasteiger partial charge in [0.15, 0.2) is 0 Å². The number of ether oxygens (including phenoxy) is 2. The van der Waals surface area contributed by atoms with Crippen LogP contribution in [0.25, 0.3) is 0 Å². The third kappa shape index (κ3) is 5.44. The van der Waals surface area contributed by atoms with E-state index in [1.807, 2.05) is 18.2 Å². The Hall–Kier alpha value is -2.07. The first-order valence-corrected chi connectivity index (χ1v) is 7.09. The van der Waals surface area contributed by atoms with E-state index in [9.17, 15) is 4.39 Å². The average molecular weight is 289 g/mol.